The van der Waals surface area contributed by atoms with Crippen LogP contribution in [0.15, 0.2) is 4.63 Å². The molecule has 0 aliphatic heterocycles. The number of aromatic nitrogens is 2. The van der Waals surface area contributed by atoms with Gasteiger partial charge >= 0.3 is 12.1 Å². The van der Waals surface area contributed by atoms with Gasteiger partial charge in [-0.15, -0.1) is 0 Å². The Morgan fingerprint density at radius 2 is 2.07 bits per heavy atom. The zero-order valence-corrected chi connectivity index (χ0v) is 6.83. The summed E-state index contributed by atoms with van der Waals surface area (Å²) in [5.41, 5.74) is 4.32. The molecule has 0 unspecified atom stereocenters. The van der Waals surface area contributed by atoms with Crippen LogP contribution < -0.4 is 10.5 Å². The number of esters is 1. The Kier molecular flexibility index (Phi) is 2.59. The number of halogens is 3. The van der Waals surface area contributed by atoms with Crippen LogP contribution in [0.25, 0.3) is 0 Å². The fourth-order valence-corrected chi connectivity index (χ4v) is 0.558. The van der Waals surface area contributed by atoms with Crippen molar-refractivity contribution in [3.05, 3.63) is 5.69 Å². The van der Waals surface area contributed by atoms with Crippen LogP contribution in [0.1, 0.15) is 5.69 Å². The van der Waals surface area contributed by atoms with E-state index in [4.69, 9.17) is 11.1 Å². The van der Waals surface area contributed by atoms with Crippen molar-refractivity contribution in [3.63, 3.8) is 0 Å². The second-order valence-electron chi connectivity index (χ2n) is 2.22. The zero-order chi connectivity index (χ0) is 11.6. The van der Waals surface area contributed by atoms with E-state index < -0.39 is 29.6 Å². The first kappa shape index (κ1) is 10.9. The number of carbonyl (C=O) groups is 1. The monoisotopic (exact) mass is 224 g/mol. The van der Waals surface area contributed by atoms with Gasteiger partial charge in [-0.2, -0.15) is 13.2 Å². The number of hydrogen-bond acceptors (Lipinski definition) is 6. The summed E-state index contributed by atoms with van der Waals surface area (Å²) in [5, 5.41) is 12.6. The Morgan fingerprint density at radius 1 is 1.47 bits per heavy atom. The molecule has 1 aromatic rings. The van der Waals surface area contributed by atoms with E-state index in [0.717, 1.165) is 0 Å². The third-order valence-electron chi connectivity index (χ3n) is 1.13. The Bertz CT molecular complexity index is 398. The molecule has 7 nitrogen and oxygen atoms in total. The van der Waals surface area contributed by atoms with Gasteiger partial charge in [0, 0.05) is 0 Å². The van der Waals surface area contributed by atoms with E-state index >= 15 is 0 Å². The van der Waals surface area contributed by atoms with Crippen LogP contribution in [0.3, 0.4) is 0 Å². The van der Waals surface area contributed by atoms with E-state index in [2.05, 4.69) is 19.7 Å². The van der Waals surface area contributed by atoms with Gasteiger partial charge in [0.05, 0.1) is 0 Å². The van der Waals surface area contributed by atoms with Gasteiger partial charge in [-0.25, -0.2) is 9.42 Å². The summed E-state index contributed by atoms with van der Waals surface area (Å²) in [6, 6.07) is 0. The smallest absolute Gasteiger partial charge is 0.395 e. The summed E-state index contributed by atoms with van der Waals surface area (Å²) in [6.45, 7) is 0. The number of nitrogens with zero attached hydrogens (tertiary/aromatic N) is 2. The molecular weight excluding hydrogens is 221 g/mol. The Morgan fingerprint density at radius 3 is 2.53 bits per heavy atom. The molecule has 0 radical (unpaired) electrons. The normalized spacial score (nSPS) is 11.1. The first-order chi connectivity index (χ1) is 6.82. The van der Waals surface area contributed by atoms with Crippen molar-refractivity contribution in [1.82, 2.24) is 10.3 Å². The van der Waals surface area contributed by atoms with E-state index in [1.54, 1.807) is 0 Å². The summed E-state index contributed by atoms with van der Waals surface area (Å²) in [5.74, 6) is -4.13. The van der Waals surface area contributed by atoms with E-state index in [1.165, 1.54) is 0 Å². The van der Waals surface area contributed by atoms with E-state index in [9.17, 15) is 18.0 Å². The number of nitrogens with one attached hydrogen (secondary N) is 1. The molecule has 1 rings (SSSR count). The molecule has 0 bridgehead atoms. The zero-order valence-electron chi connectivity index (χ0n) is 6.83. The topological polar surface area (TPSA) is 115 Å². The summed E-state index contributed by atoms with van der Waals surface area (Å²) in [4.78, 5) is 10.3. The molecule has 0 aromatic carbocycles. The lowest BCUT2D eigenvalue weighted by molar-refractivity contribution is -0.190. The standard InChI is InChI=1S/C5H3F3N4O3/c6-5(7,8)4(13)14-3-1(2(9)10)11-15-12-3/h(H3,9,10). The summed E-state index contributed by atoms with van der Waals surface area (Å²) in [7, 11) is 0. The first-order valence-electron chi connectivity index (χ1n) is 3.28. The molecule has 1 aromatic heterocycles. The highest BCUT2D eigenvalue weighted by atomic mass is 19.4. The highest BCUT2D eigenvalue weighted by Gasteiger charge is 2.42. The molecule has 0 aliphatic carbocycles. The van der Waals surface area contributed by atoms with Gasteiger partial charge in [0.15, 0.2) is 5.84 Å². The van der Waals surface area contributed by atoms with Gasteiger partial charge in [0.25, 0.3) is 5.88 Å². The lowest BCUT2D eigenvalue weighted by Gasteiger charge is -2.03. The van der Waals surface area contributed by atoms with Crippen LogP contribution in [-0.2, 0) is 4.79 Å². The summed E-state index contributed by atoms with van der Waals surface area (Å²) in [6.07, 6.45) is -5.17. The molecule has 0 amide bonds. The fourth-order valence-electron chi connectivity index (χ4n) is 0.558. The lowest BCUT2D eigenvalue weighted by atomic mass is 10.4. The van der Waals surface area contributed by atoms with E-state index in [-0.39, 0.29) is 0 Å². The molecule has 1 heterocycles. The number of ether oxygens (including phenoxy) is 1. The van der Waals surface area contributed by atoms with Crippen molar-refractivity contribution in [3.8, 4) is 5.88 Å². The third-order valence-corrected chi connectivity index (χ3v) is 1.13. The van der Waals surface area contributed by atoms with Gasteiger partial charge in [0.2, 0.25) is 5.69 Å². The second-order valence-corrected chi connectivity index (χ2v) is 2.22. The molecule has 3 N–H and O–H groups in total. The Hall–Kier alpha value is -2.13. The maximum Gasteiger partial charge on any atom is 0.491 e. The predicted molar refractivity (Wildman–Crippen MR) is 37.0 cm³/mol. The average molecular weight is 224 g/mol. The average Bonchev–Trinajstić information content (AvgIpc) is 2.50. The quantitative estimate of drug-likeness (QED) is 0.409. The number of nitrogens with two attached hydrogens (primary N) is 1. The van der Waals surface area contributed by atoms with Crippen molar-refractivity contribution in [2.75, 3.05) is 0 Å². The van der Waals surface area contributed by atoms with Gasteiger partial charge in [-0.1, -0.05) is 0 Å². The molecule has 10 heteroatoms. The minimum Gasteiger partial charge on any atom is -0.395 e. The fraction of sp³-hybridized carbons (Fsp3) is 0.200. The highest BCUT2D eigenvalue weighted by molar-refractivity contribution is 5.95. The van der Waals surface area contributed by atoms with Crippen LogP contribution in [0.5, 0.6) is 5.88 Å². The second kappa shape index (κ2) is 3.55. The molecule has 0 atom stereocenters. The minimum atomic E-state index is -5.17. The molecule has 0 saturated carbocycles. The van der Waals surface area contributed by atoms with Crippen LogP contribution in [0.2, 0.25) is 0 Å². The number of amidine groups is 1. The Balaban J connectivity index is 2.86. The third kappa shape index (κ3) is 2.42. The number of nitrogen functional groups attached to an aromatic ring is 1. The molecule has 0 saturated heterocycles. The van der Waals surface area contributed by atoms with Gasteiger partial charge < -0.3 is 10.5 Å². The Labute approximate surface area is 79.5 Å². The first-order valence-corrected chi connectivity index (χ1v) is 3.28. The number of alkyl halides is 3. The molecule has 0 spiro atoms. The maximum atomic E-state index is 11.7. The van der Waals surface area contributed by atoms with Crippen LogP contribution >= 0.6 is 0 Å². The highest BCUT2D eigenvalue weighted by Crippen LogP contribution is 2.20. The van der Waals surface area contributed by atoms with Gasteiger partial charge in [-0.3, -0.25) is 5.41 Å². The SMILES string of the molecule is N=C(N)c1nonc1OC(=O)C(F)(F)F. The van der Waals surface area contributed by atoms with Gasteiger partial charge in [-0.05, 0) is 10.3 Å². The predicted octanol–water partition coefficient (Wildman–Crippen LogP) is -0.179. The van der Waals surface area contributed by atoms with Gasteiger partial charge in [0.1, 0.15) is 0 Å². The largest absolute Gasteiger partial charge is 0.491 e. The van der Waals surface area contributed by atoms with Crippen molar-refractivity contribution in [1.29, 1.82) is 5.41 Å². The molecule has 82 valence electrons. The molecule has 0 fully saturated rings. The molecule has 15 heavy (non-hydrogen) atoms. The number of hydrogen-bond donors (Lipinski definition) is 2. The van der Waals surface area contributed by atoms with Crippen LogP contribution in [0, 0.1) is 5.41 Å². The lowest BCUT2D eigenvalue weighted by Crippen LogP contribution is -2.29. The van der Waals surface area contributed by atoms with Crippen LogP contribution in [0.4, 0.5) is 13.2 Å². The van der Waals surface area contributed by atoms with E-state index in [0.29, 0.717) is 0 Å². The van der Waals surface area contributed by atoms with Crippen molar-refractivity contribution in [2.24, 2.45) is 5.73 Å². The summed E-state index contributed by atoms with van der Waals surface area (Å²) < 4.78 is 42.9. The number of rotatable bonds is 2. The number of carbonyl (C=O) groups excluding carboxylic acids is 1. The minimum absolute atomic E-state index is 0.576. The molecule has 0 aliphatic rings. The molecular formula is C5H3F3N4O3. The van der Waals surface area contributed by atoms with Crippen molar-refractivity contribution in [2.45, 2.75) is 6.18 Å². The van der Waals surface area contributed by atoms with Crippen molar-refractivity contribution >= 4 is 11.8 Å². The summed E-state index contributed by atoms with van der Waals surface area (Å²) >= 11 is 0. The van der Waals surface area contributed by atoms with Crippen molar-refractivity contribution < 1.29 is 27.3 Å². The van der Waals surface area contributed by atoms with Crippen LogP contribution in [-0.4, -0.2) is 28.3 Å². The van der Waals surface area contributed by atoms with E-state index in [1.807, 2.05) is 0 Å². The maximum absolute atomic E-state index is 11.7.